The van der Waals surface area contributed by atoms with E-state index < -0.39 is 0 Å². The fourth-order valence-electron chi connectivity index (χ4n) is 0.673. The van der Waals surface area contributed by atoms with Gasteiger partial charge in [0.05, 0.1) is 11.8 Å². The predicted octanol–water partition coefficient (Wildman–Crippen LogP) is 1.39. The third kappa shape index (κ3) is 4.32. The second-order valence-electron chi connectivity index (χ2n) is 2.41. The van der Waals surface area contributed by atoms with Crippen LogP contribution in [-0.2, 0) is 0 Å². The molecule has 0 aliphatic rings. The van der Waals surface area contributed by atoms with Crippen molar-refractivity contribution in [1.29, 1.82) is 0 Å². The summed E-state index contributed by atoms with van der Waals surface area (Å²) in [5, 5.41) is 20.3. The lowest BCUT2D eigenvalue weighted by atomic mass is 10.1. The Labute approximate surface area is 61.4 Å². The molecule has 0 saturated heterocycles. The Morgan fingerprint density at radius 2 is 2.20 bits per heavy atom. The summed E-state index contributed by atoms with van der Waals surface area (Å²) in [5.41, 5.74) is 0.751. The average molecular weight is 145 g/mol. The lowest BCUT2D eigenvalue weighted by Crippen LogP contribution is -2.04. The zero-order valence-corrected chi connectivity index (χ0v) is 6.54. The van der Waals surface area contributed by atoms with Crippen LogP contribution >= 0.6 is 0 Å². The van der Waals surface area contributed by atoms with Crippen molar-refractivity contribution in [2.45, 2.75) is 39.2 Å². The first-order chi connectivity index (χ1) is 4.70. The van der Waals surface area contributed by atoms with Crippen molar-refractivity contribution in [2.75, 3.05) is 0 Å². The molecule has 3 heteroatoms. The molecule has 1 unspecified atom stereocenters. The van der Waals surface area contributed by atoms with Gasteiger partial charge in [0.15, 0.2) is 0 Å². The molecule has 0 amide bonds. The summed E-state index contributed by atoms with van der Waals surface area (Å²) in [6.07, 6.45) is 1.81. The van der Waals surface area contributed by atoms with Gasteiger partial charge in [-0.3, -0.25) is 0 Å². The molecule has 0 bridgehead atoms. The predicted molar refractivity (Wildman–Crippen MR) is 40.4 cm³/mol. The van der Waals surface area contributed by atoms with Gasteiger partial charge in [-0.2, -0.15) is 0 Å². The molecule has 0 saturated carbocycles. The fourth-order valence-corrected chi connectivity index (χ4v) is 0.673. The van der Waals surface area contributed by atoms with Gasteiger partial charge < -0.3 is 10.3 Å². The van der Waals surface area contributed by atoms with E-state index in [4.69, 9.17) is 10.3 Å². The molecule has 2 N–H and O–H groups in total. The zero-order valence-electron chi connectivity index (χ0n) is 6.54. The van der Waals surface area contributed by atoms with Crippen LogP contribution in [0, 0.1) is 0 Å². The first-order valence-corrected chi connectivity index (χ1v) is 3.58. The number of aliphatic hydroxyl groups excluding tert-OH is 1. The number of rotatable bonds is 4. The van der Waals surface area contributed by atoms with Gasteiger partial charge in [0.2, 0.25) is 0 Å². The number of nitrogens with zero attached hydrogens (tertiary/aromatic N) is 1. The van der Waals surface area contributed by atoms with Crippen molar-refractivity contribution < 1.29 is 10.3 Å². The minimum atomic E-state index is -0.302. The highest BCUT2D eigenvalue weighted by Crippen LogP contribution is 2.00. The van der Waals surface area contributed by atoms with Gasteiger partial charge >= 0.3 is 0 Å². The monoisotopic (exact) mass is 145 g/mol. The number of aliphatic hydroxyl groups is 1. The van der Waals surface area contributed by atoms with E-state index in [0.717, 1.165) is 12.1 Å². The summed E-state index contributed by atoms with van der Waals surface area (Å²) in [6.45, 7) is 3.65. The van der Waals surface area contributed by atoms with Crippen molar-refractivity contribution in [2.24, 2.45) is 5.16 Å². The molecule has 0 spiro atoms. The first kappa shape index (κ1) is 9.43. The lowest BCUT2D eigenvalue weighted by Gasteiger charge is -2.02. The summed E-state index contributed by atoms with van der Waals surface area (Å²) in [6, 6.07) is 0. The van der Waals surface area contributed by atoms with Crippen LogP contribution in [0.3, 0.4) is 0 Å². The highest BCUT2D eigenvalue weighted by Gasteiger charge is 1.99. The van der Waals surface area contributed by atoms with E-state index in [1.165, 1.54) is 0 Å². The summed E-state index contributed by atoms with van der Waals surface area (Å²) >= 11 is 0. The number of oxime groups is 1. The Morgan fingerprint density at radius 3 is 2.50 bits per heavy atom. The maximum absolute atomic E-state index is 8.86. The van der Waals surface area contributed by atoms with Crippen molar-refractivity contribution in [3.63, 3.8) is 0 Å². The average Bonchev–Trinajstić information content (AvgIpc) is 1.90. The van der Waals surface area contributed by atoms with E-state index in [-0.39, 0.29) is 6.10 Å². The van der Waals surface area contributed by atoms with Gasteiger partial charge in [0.25, 0.3) is 0 Å². The molecule has 0 aromatic heterocycles. The van der Waals surface area contributed by atoms with Crippen molar-refractivity contribution >= 4 is 5.71 Å². The Morgan fingerprint density at radius 1 is 1.60 bits per heavy atom. The second-order valence-corrected chi connectivity index (χ2v) is 2.41. The minimum absolute atomic E-state index is 0.302. The van der Waals surface area contributed by atoms with Gasteiger partial charge in [-0.1, -0.05) is 12.1 Å². The van der Waals surface area contributed by atoms with Crippen molar-refractivity contribution in [1.82, 2.24) is 0 Å². The molecule has 3 nitrogen and oxygen atoms in total. The molecular formula is C7H15NO2. The normalized spacial score (nSPS) is 15.3. The first-order valence-electron chi connectivity index (χ1n) is 3.58. The van der Waals surface area contributed by atoms with Crippen LogP contribution < -0.4 is 0 Å². The summed E-state index contributed by atoms with van der Waals surface area (Å²) in [7, 11) is 0. The number of hydrogen-bond donors (Lipinski definition) is 2. The van der Waals surface area contributed by atoms with Crippen LogP contribution in [0.5, 0.6) is 0 Å². The van der Waals surface area contributed by atoms with Gasteiger partial charge in [0, 0.05) is 0 Å². The van der Waals surface area contributed by atoms with Gasteiger partial charge in [-0.05, 0) is 26.2 Å². The Hall–Kier alpha value is -0.570. The summed E-state index contributed by atoms with van der Waals surface area (Å²) in [4.78, 5) is 0. The third-order valence-corrected chi connectivity index (χ3v) is 1.40. The Bertz CT molecular complexity index is 110. The quantitative estimate of drug-likeness (QED) is 0.357. The van der Waals surface area contributed by atoms with Crippen LogP contribution in [0.2, 0.25) is 0 Å². The highest BCUT2D eigenvalue weighted by atomic mass is 16.4. The van der Waals surface area contributed by atoms with E-state index in [1.807, 2.05) is 6.92 Å². The SMILES string of the molecule is CCC(CCC(C)O)=NO. The van der Waals surface area contributed by atoms with Crippen LogP contribution in [0.1, 0.15) is 33.1 Å². The van der Waals surface area contributed by atoms with Gasteiger partial charge in [-0.25, -0.2) is 0 Å². The van der Waals surface area contributed by atoms with Crippen LogP contribution in [0.25, 0.3) is 0 Å². The van der Waals surface area contributed by atoms with Gasteiger partial charge in [-0.15, -0.1) is 0 Å². The second kappa shape index (κ2) is 5.23. The topological polar surface area (TPSA) is 52.8 Å². The molecule has 0 aromatic carbocycles. The van der Waals surface area contributed by atoms with E-state index in [0.29, 0.717) is 12.8 Å². The molecule has 10 heavy (non-hydrogen) atoms. The van der Waals surface area contributed by atoms with E-state index in [9.17, 15) is 0 Å². The molecule has 60 valence electrons. The lowest BCUT2D eigenvalue weighted by molar-refractivity contribution is 0.186. The molecule has 0 aliphatic carbocycles. The molecule has 0 rings (SSSR count). The Kier molecular flexibility index (Phi) is 4.94. The standard InChI is InChI=1S/C7H15NO2/c1-3-7(8-10)5-4-6(2)9/h6,9-10H,3-5H2,1-2H3. The summed E-state index contributed by atoms with van der Waals surface area (Å²) in [5.74, 6) is 0. The fraction of sp³-hybridized carbons (Fsp3) is 0.857. The third-order valence-electron chi connectivity index (χ3n) is 1.40. The molecule has 0 radical (unpaired) electrons. The van der Waals surface area contributed by atoms with Crippen molar-refractivity contribution in [3.8, 4) is 0 Å². The summed E-state index contributed by atoms with van der Waals surface area (Å²) < 4.78 is 0. The van der Waals surface area contributed by atoms with Crippen LogP contribution in [0.4, 0.5) is 0 Å². The van der Waals surface area contributed by atoms with Crippen molar-refractivity contribution in [3.05, 3.63) is 0 Å². The zero-order chi connectivity index (χ0) is 7.98. The largest absolute Gasteiger partial charge is 0.411 e. The van der Waals surface area contributed by atoms with E-state index >= 15 is 0 Å². The highest BCUT2D eigenvalue weighted by molar-refractivity contribution is 5.83. The Balaban J connectivity index is 3.46. The molecule has 1 atom stereocenters. The molecule has 0 aliphatic heterocycles. The smallest absolute Gasteiger partial charge is 0.0569 e. The van der Waals surface area contributed by atoms with Gasteiger partial charge in [0.1, 0.15) is 0 Å². The maximum Gasteiger partial charge on any atom is 0.0569 e. The maximum atomic E-state index is 8.86. The number of hydrogen-bond acceptors (Lipinski definition) is 3. The van der Waals surface area contributed by atoms with E-state index in [2.05, 4.69) is 5.16 Å². The van der Waals surface area contributed by atoms with E-state index in [1.54, 1.807) is 6.92 Å². The molecule has 0 heterocycles. The van der Waals surface area contributed by atoms with Crippen LogP contribution in [0.15, 0.2) is 5.16 Å². The molecule has 0 aromatic rings. The minimum Gasteiger partial charge on any atom is -0.411 e. The molecular weight excluding hydrogens is 130 g/mol. The van der Waals surface area contributed by atoms with Crippen LogP contribution in [-0.4, -0.2) is 22.1 Å². The molecule has 0 fully saturated rings.